The quantitative estimate of drug-likeness (QED) is 0.679. The number of anilines is 1. The summed E-state index contributed by atoms with van der Waals surface area (Å²) in [5, 5.41) is 4.59. The number of piperidine rings is 1. The van der Waals surface area contributed by atoms with Crippen molar-refractivity contribution < 1.29 is 0 Å². The first kappa shape index (κ1) is 17.0. The number of aromatic nitrogens is 4. The zero-order valence-electron chi connectivity index (χ0n) is 15.0. The molecule has 27 heavy (non-hydrogen) atoms. The first-order valence-corrected chi connectivity index (χ1v) is 10.2. The highest BCUT2D eigenvalue weighted by Crippen LogP contribution is 2.40. The first-order valence-electron chi connectivity index (χ1n) is 9.41. The van der Waals surface area contributed by atoms with Gasteiger partial charge in [0, 0.05) is 48.3 Å². The fourth-order valence-corrected chi connectivity index (χ4v) is 4.80. The molecule has 0 aromatic carbocycles. The highest BCUT2D eigenvalue weighted by molar-refractivity contribution is 9.10. The standard InChI is InChI=1S/C20H21BrN6/c21-15-11-24-12-16-17(15)19(26-18(25-16)14-1-6-22-7-2-14)27-9-4-20(5-10-27)3-8-23-13-20/h1-2,6-7,11-12,23H,3-5,8-10,13H2. The maximum atomic E-state index is 4.98. The smallest absolute Gasteiger partial charge is 0.162 e. The molecule has 5 heterocycles. The van der Waals surface area contributed by atoms with Gasteiger partial charge in [-0.15, -0.1) is 0 Å². The Labute approximate surface area is 166 Å². The number of nitrogens with one attached hydrogen (secondary N) is 1. The van der Waals surface area contributed by atoms with E-state index < -0.39 is 0 Å². The monoisotopic (exact) mass is 424 g/mol. The van der Waals surface area contributed by atoms with Crippen molar-refractivity contribution in [2.45, 2.75) is 19.3 Å². The van der Waals surface area contributed by atoms with Crippen LogP contribution >= 0.6 is 15.9 Å². The number of halogens is 1. The van der Waals surface area contributed by atoms with Crippen LogP contribution in [0.1, 0.15) is 19.3 Å². The summed E-state index contributed by atoms with van der Waals surface area (Å²) in [4.78, 5) is 20.6. The second kappa shape index (κ2) is 6.80. The molecule has 6 nitrogen and oxygen atoms in total. The zero-order valence-corrected chi connectivity index (χ0v) is 16.6. The SMILES string of the molecule is Brc1cncc2nc(-c3ccncc3)nc(N3CCC4(CCNC4)CC3)c12. The van der Waals surface area contributed by atoms with Crippen LogP contribution in [0.2, 0.25) is 0 Å². The second-order valence-corrected chi connectivity index (χ2v) is 8.39. The van der Waals surface area contributed by atoms with E-state index in [4.69, 9.17) is 9.97 Å². The van der Waals surface area contributed by atoms with Crippen LogP contribution in [0.5, 0.6) is 0 Å². The normalized spacial score (nSPS) is 19.1. The average molecular weight is 425 g/mol. The van der Waals surface area contributed by atoms with E-state index in [1.54, 1.807) is 12.4 Å². The van der Waals surface area contributed by atoms with E-state index in [1.165, 1.54) is 19.3 Å². The van der Waals surface area contributed by atoms with Crippen molar-refractivity contribution in [3.63, 3.8) is 0 Å². The molecule has 3 aromatic rings. The highest BCUT2D eigenvalue weighted by Gasteiger charge is 2.37. The van der Waals surface area contributed by atoms with E-state index >= 15 is 0 Å². The lowest BCUT2D eigenvalue weighted by molar-refractivity contribution is 0.247. The Hall–Kier alpha value is -2.12. The van der Waals surface area contributed by atoms with E-state index in [0.29, 0.717) is 5.41 Å². The summed E-state index contributed by atoms with van der Waals surface area (Å²) in [5.41, 5.74) is 2.32. The second-order valence-electron chi connectivity index (χ2n) is 7.54. The Morgan fingerprint density at radius 2 is 1.81 bits per heavy atom. The Morgan fingerprint density at radius 3 is 2.56 bits per heavy atom. The molecule has 0 unspecified atom stereocenters. The largest absolute Gasteiger partial charge is 0.356 e. The van der Waals surface area contributed by atoms with Crippen LogP contribution in [-0.2, 0) is 0 Å². The van der Waals surface area contributed by atoms with Gasteiger partial charge in [0.25, 0.3) is 0 Å². The van der Waals surface area contributed by atoms with Gasteiger partial charge in [-0.2, -0.15) is 0 Å². The molecule has 1 spiro atoms. The molecular weight excluding hydrogens is 404 g/mol. The van der Waals surface area contributed by atoms with Crippen molar-refractivity contribution in [2.75, 3.05) is 31.1 Å². The van der Waals surface area contributed by atoms with Gasteiger partial charge < -0.3 is 10.2 Å². The maximum Gasteiger partial charge on any atom is 0.162 e. The Balaban J connectivity index is 1.58. The van der Waals surface area contributed by atoms with E-state index in [9.17, 15) is 0 Å². The lowest BCUT2D eigenvalue weighted by Crippen LogP contribution is -2.41. The molecule has 0 aliphatic carbocycles. The summed E-state index contributed by atoms with van der Waals surface area (Å²) in [5.74, 6) is 1.73. The van der Waals surface area contributed by atoms with Crippen molar-refractivity contribution in [2.24, 2.45) is 5.41 Å². The van der Waals surface area contributed by atoms with Crippen LogP contribution in [0.15, 0.2) is 41.4 Å². The van der Waals surface area contributed by atoms with Crippen LogP contribution in [0, 0.1) is 5.41 Å². The Kier molecular flexibility index (Phi) is 4.28. The topological polar surface area (TPSA) is 66.8 Å². The van der Waals surface area contributed by atoms with E-state index in [-0.39, 0.29) is 0 Å². The average Bonchev–Trinajstić information content (AvgIpc) is 3.17. The third kappa shape index (κ3) is 3.08. The molecule has 5 rings (SSSR count). The summed E-state index contributed by atoms with van der Waals surface area (Å²) in [6.45, 7) is 4.36. The minimum Gasteiger partial charge on any atom is -0.356 e. The number of hydrogen-bond donors (Lipinski definition) is 1. The number of hydrogen-bond acceptors (Lipinski definition) is 6. The summed E-state index contributed by atoms with van der Waals surface area (Å²) < 4.78 is 0.944. The third-order valence-electron chi connectivity index (χ3n) is 5.94. The van der Waals surface area contributed by atoms with Gasteiger partial charge in [0.1, 0.15) is 5.82 Å². The van der Waals surface area contributed by atoms with Gasteiger partial charge in [-0.3, -0.25) is 9.97 Å². The van der Waals surface area contributed by atoms with Crippen LogP contribution in [0.25, 0.3) is 22.3 Å². The van der Waals surface area contributed by atoms with E-state index in [1.807, 2.05) is 24.5 Å². The van der Waals surface area contributed by atoms with Crippen molar-refractivity contribution in [3.8, 4) is 11.4 Å². The zero-order chi connectivity index (χ0) is 18.3. The molecule has 138 valence electrons. The van der Waals surface area contributed by atoms with Gasteiger partial charge in [0.05, 0.1) is 17.1 Å². The molecule has 0 radical (unpaired) electrons. The molecule has 7 heteroatoms. The van der Waals surface area contributed by atoms with E-state index in [0.717, 1.165) is 58.8 Å². The Morgan fingerprint density at radius 1 is 1.00 bits per heavy atom. The number of pyridine rings is 2. The van der Waals surface area contributed by atoms with Crippen LogP contribution in [0.4, 0.5) is 5.82 Å². The van der Waals surface area contributed by atoms with Crippen LogP contribution in [-0.4, -0.2) is 46.1 Å². The molecule has 0 bridgehead atoms. The molecular formula is C20H21BrN6. The summed E-state index contributed by atoms with van der Waals surface area (Å²) in [7, 11) is 0. The van der Waals surface area contributed by atoms with Crippen molar-refractivity contribution in [1.82, 2.24) is 25.3 Å². The molecule has 3 aromatic heterocycles. The van der Waals surface area contributed by atoms with Gasteiger partial charge >= 0.3 is 0 Å². The minimum absolute atomic E-state index is 0.478. The van der Waals surface area contributed by atoms with Crippen molar-refractivity contribution in [3.05, 3.63) is 41.4 Å². The van der Waals surface area contributed by atoms with Crippen LogP contribution < -0.4 is 10.2 Å². The van der Waals surface area contributed by atoms with Gasteiger partial charge in [0.15, 0.2) is 5.82 Å². The highest BCUT2D eigenvalue weighted by atomic mass is 79.9. The maximum absolute atomic E-state index is 4.98. The summed E-state index contributed by atoms with van der Waals surface area (Å²) in [6.07, 6.45) is 10.9. The summed E-state index contributed by atoms with van der Waals surface area (Å²) in [6, 6.07) is 3.90. The fourth-order valence-electron chi connectivity index (χ4n) is 4.30. The lowest BCUT2D eigenvalue weighted by Gasteiger charge is -2.39. The molecule has 2 aliphatic heterocycles. The lowest BCUT2D eigenvalue weighted by atomic mass is 9.78. The Bertz CT molecular complexity index is 961. The third-order valence-corrected chi connectivity index (χ3v) is 6.54. The molecule has 2 fully saturated rings. The molecule has 0 amide bonds. The van der Waals surface area contributed by atoms with Crippen molar-refractivity contribution >= 4 is 32.7 Å². The minimum atomic E-state index is 0.478. The predicted molar refractivity (Wildman–Crippen MR) is 110 cm³/mol. The number of nitrogens with zero attached hydrogens (tertiary/aromatic N) is 5. The number of rotatable bonds is 2. The molecule has 2 saturated heterocycles. The molecule has 1 N–H and O–H groups in total. The first-order chi connectivity index (χ1) is 13.2. The molecule has 2 aliphatic rings. The number of fused-ring (bicyclic) bond motifs is 1. The van der Waals surface area contributed by atoms with Gasteiger partial charge in [0.2, 0.25) is 0 Å². The van der Waals surface area contributed by atoms with Crippen molar-refractivity contribution in [1.29, 1.82) is 0 Å². The molecule has 0 saturated carbocycles. The van der Waals surface area contributed by atoms with Crippen LogP contribution in [0.3, 0.4) is 0 Å². The van der Waals surface area contributed by atoms with E-state index in [2.05, 4.69) is 36.1 Å². The van der Waals surface area contributed by atoms with Gasteiger partial charge in [-0.05, 0) is 59.3 Å². The molecule has 0 atom stereocenters. The van der Waals surface area contributed by atoms with Gasteiger partial charge in [-0.1, -0.05) is 0 Å². The van der Waals surface area contributed by atoms with Gasteiger partial charge in [-0.25, -0.2) is 9.97 Å². The fraction of sp³-hybridized carbons (Fsp3) is 0.400. The summed E-state index contributed by atoms with van der Waals surface area (Å²) >= 11 is 3.67. The predicted octanol–water partition coefficient (Wildman–Crippen LogP) is 3.43.